The fraction of sp³-hybridized carbons (Fsp3) is 0.222. The highest BCUT2D eigenvalue weighted by molar-refractivity contribution is 7.92. The Bertz CT molecular complexity index is 989. The predicted molar refractivity (Wildman–Crippen MR) is 105 cm³/mol. The van der Waals surface area contributed by atoms with Crippen molar-refractivity contribution in [1.82, 2.24) is 0 Å². The summed E-state index contributed by atoms with van der Waals surface area (Å²) < 4.78 is 29.9. The third kappa shape index (κ3) is 5.70. The van der Waals surface area contributed by atoms with Crippen molar-refractivity contribution in [3.8, 4) is 0 Å². The summed E-state index contributed by atoms with van der Waals surface area (Å²) >= 11 is 6.14. The quantitative estimate of drug-likeness (QED) is 0.710. The van der Waals surface area contributed by atoms with Gasteiger partial charge < -0.3 is 10.1 Å². The van der Waals surface area contributed by atoms with Gasteiger partial charge in [-0.2, -0.15) is 0 Å². The van der Waals surface area contributed by atoms with E-state index in [4.69, 9.17) is 16.3 Å². The van der Waals surface area contributed by atoms with Crippen LogP contribution in [0.15, 0.2) is 36.4 Å². The number of carbonyl (C=O) groups excluding carboxylic acids is 2. The van der Waals surface area contributed by atoms with Crippen LogP contribution in [0.1, 0.15) is 33.2 Å². The summed E-state index contributed by atoms with van der Waals surface area (Å²) in [4.78, 5) is 24.1. The van der Waals surface area contributed by atoms with Crippen LogP contribution in [0.5, 0.6) is 0 Å². The number of carbonyl (C=O) groups is 2. The van der Waals surface area contributed by atoms with Crippen LogP contribution in [0.3, 0.4) is 0 Å². The van der Waals surface area contributed by atoms with Gasteiger partial charge in [-0.3, -0.25) is 9.52 Å². The number of hydrogen-bond donors (Lipinski definition) is 2. The SMILES string of the molecule is CCOC(=O)c1ccc(NC(=O)c2ccc(NS(C)(=O)=O)c(C)c2)c(Cl)c1. The van der Waals surface area contributed by atoms with Crippen molar-refractivity contribution in [3.05, 3.63) is 58.1 Å². The average Bonchev–Trinajstić information content (AvgIpc) is 2.57. The van der Waals surface area contributed by atoms with Crippen LogP contribution in [-0.4, -0.2) is 33.2 Å². The number of amides is 1. The lowest BCUT2D eigenvalue weighted by atomic mass is 10.1. The maximum absolute atomic E-state index is 12.4. The Kier molecular flexibility index (Phi) is 6.45. The molecule has 0 aliphatic rings. The minimum absolute atomic E-state index is 0.195. The van der Waals surface area contributed by atoms with Gasteiger partial charge in [0.1, 0.15) is 0 Å². The van der Waals surface area contributed by atoms with Crippen molar-refractivity contribution in [2.75, 3.05) is 22.9 Å². The molecule has 1 amide bonds. The number of hydrogen-bond acceptors (Lipinski definition) is 5. The van der Waals surface area contributed by atoms with E-state index < -0.39 is 21.9 Å². The zero-order chi connectivity index (χ0) is 20.2. The Morgan fingerprint density at radius 2 is 1.70 bits per heavy atom. The second kappa shape index (κ2) is 8.41. The number of esters is 1. The van der Waals surface area contributed by atoms with E-state index in [-0.39, 0.29) is 17.2 Å². The summed E-state index contributed by atoms with van der Waals surface area (Å²) in [6.07, 6.45) is 1.05. The van der Waals surface area contributed by atoms with Crippen molar-refractivity contribution in [2.45, 2.75) is 13.8 Å². The zero-order valence-electron chi connectivity index (χ0n) is 15.0. The molecule has 9 heteroatoms. The summed E-state index contributed by atoms with van der Waals surface area (Å²) in [5.41, 5.74) is 1.94. The van der Waals surface area contributed by atoms with Gasteiger partial charge in [-0.15, -0.1) is 0 Å². The number of benzene rings is 2. The van der Waals surface area contributed by atoms with Crippen molar-refractivity contribution >= 4 is 44.9 Å². The van der Waals surface area contributed by atoms with Gasteiger partial charge in [0.25, 0.3) is 5.91 Å². The van der Waals surface area contributed by atoms with E-state index in [0.717, 1.165) is 6.26 Å². The maximum Gasteiger partial charge on any atom is 0.338 e. The molecule has 0 aliphatic heterocycles. The van der Waals surface area contributed by atoms with E-state index >= 15 is 0 Å². The fourth-order valence-electron chi connectivity index (χ4n) is 2.27. The van der Waals surface area contributed by atoms with Gasteiger partial charge in [0.05, 0.1) is 34.8 Å². The predicted octanol–water partition coefficient (Wildman–Crippen LogP) is 3.45. The normalized spacial score (nSPS) is 11.0. The molecule has 0 saturated carbocycles. The maximum atomic E-state index is 12.4. The smallest absolute Gasteiger partial charge is 0.338 e. The highest BCUT2D eigenvalue weighted by Crippen LogP contribution is 2.25. The molecule has 0 aromatic heterocycles. The Morgan fingerprint density at radius 1 is 1.07 bits per heavy atom. The first-order valence-corrected chi connectivity index (χ1v) is 10.2. The molecule has 0 radical (unpaired) electrons. The molecule has 27 heavy (non-hydrogen) atoms. The molecule has 0 atom stereocenters. The minimum Gasteiger partial charge on any atom is -0.462 e. The number of halogens is 1. The number of ether oxygens (including phenoxy) is 1. The lowest BCUT2D eigenvalue weighted by Gasteiger charge is -2.11. The molecule has 0 saturated heterocycles. The molecule has 2 N–H and O–H groups in total. The molecule has 2 aromatic carbocycles. The Balaban J connectivity index is 2.17. The van der Waals surface area contributed by atoms with Gasteiger partial charge in [0.15, 0.2) is 0 Å². The summed E-state index contributed by atoms with van der Waals surface area (Å²) in [7, 11) is -3.41. The van der Waals surface area contributed by atoms with Crippen molar-refractivity contribution < 1.29 is 22.7 Å². The van der Waals surface area contributed by atoms with E-state index in [1.54, 1.807) is 19.9 Å². The van der Waals surface area contributed by atoms with E-state index in [1.807, 2.05) is 0 Å². The highest BCUT2D eigenvalue weighted by atomic mass is 35.5. The molecule has 0 aliphatic carbocycles. The number of sulfonamides is 1. The second-order valence-corrected chi connectivity index (χ2v) is 7.93. The van der Waals surface area contributed by atoms with E-state index in [2.05, 4.69) is 10.0 Å². The second-order valence-electron chi connectivity index (χ2n) is 5.77. The van der Waals surface area contributed by atoms with E-state index in [0.29, 0.717) is 22.5 Å². The molecule has 0 unspecified atom stereocenters. The number of aryl methyl sites for hydroxylation is 1. The van der Waals surface area contributed by atoms with Gasteiger partial charge in [0.2, 0.25) is 10.0 Å². The number of anilines is 2. The van der Waals surface area contributed by atoms with Crippen LogP contribution in [-0.2, 0) is 14.8 Å². The first kappa shape index (κ1) is 20.7. The van der Waals surface area contributed by atoms with Crippen LogP contribution >= 0.6 is 11.6 Å². The molecule has 0 heterocycles. The third-order valence-electron chi connectivity index (χ3n) is 3.51. The third-order valence-corrected chi connectivity index (χ3v) is 4.42. The molecule has 2 aromatic rings. The number of rotatable bonds is 6. The van der Waals surface area contributed by atoms with E-state index in [9.17, 15) is 18.0 Å². The van der Waals surface area contributed by atoms with Crippen LogP contribution in [0.25, 0.3) is 0 Å². The molecular formula is C18H19ClN2O5S. The molecule has 144 valence electrons. The first-order chi connectivity index (χ1) is 12.6. The molecule has 0 fully saturated rings. The molecule has 7 nitrogen and oxygen atoms in total. The molecule has 2 rings (SSSR count). The minimum atomic E-state index is -3.41. The largest absolute Gasteiger partial charge is 0.462 e. The Morgan fingerprint density at radius 3 is 2.26 bits per heavy atom. The van der Waals surface area contributed by atoms with Gasteiger partial charge in [-0.05, 0) is 55.8 Å². The van der Waals surface area contributed by atoms with Gasteiger partial charge in [-0.1, -0.05) is 11.6 Å². The van der Waals surface area contributed by atoms with E-state index in [1.165, 1.54) is 30.3 Å². The lowest BCUT2D eigenvalue weighted by molar-refractivity contribution is 0.0526. The fourth-order valence-corrected chi connectivity index (χ4v) is 3.13. The van der Waals surface area contributed by atoms with Crippen LogP contribution in [0.4, 0.5) is 11.4 Å². The molecule has 0 spiro atoms. The standard InChI is InChI=1S/C18H19ClN2O5S/c1-4-26-18(23)13-6-8-16(14(19)10-13)20-17(22)12-5-7-15(11(2)9-12)21-27(3,24)25/h5-10,21H,4H2,1-3H3,(H,20,22). The summed E-state index contributed by atoms with van der Waals surface area (Å²) in [6.45, 7) is 3.64. The Hall–Kier alpha value is -2.58. The topological polar surface area (TPSA) is 102 Å². The van der Waals surface area contributed by atoms with Crippen molar-refractivity contribution in [1.29, 1.82) is 0 Å². The highest BCUT2D eigenvalue weighted by Gasteiger charge is 2.14. The van der Waals surface area contributed by atoms with Crippen molar-refractivity contribution in [3.63, 3.8) is 0 Å². The van der Waals surface area contributed by atoms with Crippen LogP contribution in [0, 0.1) is 6.92 Å². The van der Waals surface area contributed by atoms with Crippen LogP contribution in [0.2, 0.25) is 5.02 Å². The zero-order valence-corrected chi connectivity index (χ0v) is 16.6. The first-order valence-electron chi connectivity index (χ1n) is 7.97. The van der Waals surface area contributed by atoms with Gasteiger partial charge in [0, 0.05) is 5.56 Å². The summed E-state index contributed by atoms with van der Waals surface area (Å²) in [6, 6.07) is 9.00. The summed E-state index contributed by atoms with van der Waals surface area (Å²) in [5.74, 6) is -0.920. The number of nitrogens with one attached hydrogen (secondary N) is 2. The van der Waals surface area contributed by atoms with Crippen LogP contribution < -0.4 is 10.0 Å². The lowest BCUT2D eigenvalue weighted by Crippen LogP contribution is -2.14. The molecular weight excluding hydrogens is 392 g/mol. The summed E-state index contributed by atoms with van der Waals surface area (Å²) in [5, 5.41) is 2.85. The van der Waals surface area contributed by atoms with Crippen molar-refractivity contribution in [2.24, 2.45) is 0 Å². The van der Waals surface area contributed by atoms with Gasteiger partial charge >= 0.3 is 5.97 Å². The average molecular weight is 411 g/mol. The Labute approximate surface area is 162 Å². The monoisotopic (exact) mass is 410 g/mol. The van der Waals surface area contributed by atoms with Gasteiger partial charge in [-0.25, -0.2) is 13.2 Å². The molecule has 0 bridgehead atoms.